The third-order valence-electron chi connectivity index (χ3n) is 3.67. The van der Waals surface area contributed by atoms with Crippen LogP contribution in [0.25, 0.3) is 0 Å². The molecular formula is C17H18N2O2. The molecule has 3 N–H and O–H groups in total. The number of fused-ring (bicyclic) bond motifs is 1. The van der Waals surface area contributed by atoms with Crippen LogP contribution in [0.3, 0.4) is 0 Å². The van der Waals surface area contributed by atoms with Crippen LogP contribution >= 0.6 is 0 Å². The van der Waals surface area contributed by atoms with Crippen LogP contribution in [-0.2, 0) is 13.0 Å². The maximum atomic E-state index is 11.0. The summed E-state index contributed by atoms with van der Waals surface area (Å²) in [6, 6.07) is 13.3. The quantitative estimate of drug-likeness (QED) is 0.906. The molecule has 0 atom stereocenters. The minimum atomic E-state index is -0.413. The highest BCUT2D eigenvalue weighted by atomic mass is 16.5. The molecule has 0 fully saturated rings. The van der Waals surface area contributed by atoms with Crippen molar-refractivity contribution >= 4 is 11.6 Å². The Hall–Kier alpha value is -2.49. The first-order chi connectivity index (χ1) is 10.2. The summed E-state index contributed by atoms with van der Waals surface area (Å²) in [5, 5.41) is 3.41. The molecule has 0 aromatic heterocycles. The van der Waals surface area contributed by atoms with Crippen molar-refractivity contribution in [2.75, 3.05) is 11.9 Å². The first kappa shape index (κ1) is 13.5. The molecule has 2 aromatic rings. The highest BCUT2D eigenvalue weighted by molar-refractivity contribution is 5.92. The summed E-state index contributed by atoms with van der Waals surface area (Å²) >= 11 is 0. The number of benzene rings is 2. The van der Waals surface area contributed by atoms with Gasteiger partial charge in [-0.3, -0.25) is 4.79 Å². The minimum Gasteiger partial charge on any atom is -0.487 e. The number of amides is 1. The number of para-hydroxylation sites is 1. The van der Waals surface area contributed by atoms with Crippen molar-refractivity contribution < 1.29 is 9.53 Å². The zero-order chi connectivity index (χ0) is 14.7. The van der Waals surface area contributed by atoms with Crippen LogP contribution in [0.5, 0.6) is 5.75 Å². The van der Waals surface area contributed by atoms with Gasteiger partial charge in [-0.15, -0.1) is 0 Å². The number of primary amides is 1. The highest BCUT2D eigenvalue weighted by Gasteiger charge is 2.13. The summed E-state index contributed by atoms with van der Waals surface area (Å²) in [6.45, 7) is 1.46. The van der Waals surface area contributed by atoms with E-state index in [1.807, 2.05) is 24.3 Å². The molecule has 3 rings (SSSR count). The predicted molar refractivity (Wildman–Crippen MR) is 82.5 cm³/mol. The molecule has 4 heteroatoms. The third kappa shape index (κ3) is 2.99. The zero-order valence-corrected chi connectivity index (χ0v) is 11.8. The molecule has 108 valence electrons. The van der Waals surface area contributed by atoms with Gasteiger partial charge in [0.1, 0.15) is 12.4 Å². The largest absolute Gasteiger partial charge is 0.487 e. The number of nitrogens with one attached hydrogen (secondary N) is 1. The van der Waals surface area contributed by atoms with Crippen molar-refractivity contribution in [3.05, 3.63) is 59.2 Å². The first-order valence-electron chi connectivity index (χ1n) is 7.11. The Balaban J connectivity index is 1.71. The molecule has 0 spiro atoms. The molecule has 1 amide bonds. The molecule has 0 aliphatic carbocycles. The molecule has 0 bridgehead atoms. The molecular weight excluding hydrogens is 264 g/mol. The van der Waals surface area contributed by atoms with E-state index in [1.165, 1.54) is 5.56 Å². The van der Waals surface area contributed by atoms with E-state index in [0.29, 0.717) is 12.2 Å². The van der Waals surface area contributed by atoms with Gasteiger partial charge in [0, 0.05) is 12.1 Å². The average molecular weight is 282 g/mol. The SMILES string of the molecule is NC(=O)c1ccc(COc2cccc3c2NCCC3)cc1. The molecule has 0 saturated heterocycles. The van der Waals surface area contributed by atoms with Gasteiger partial charge in [-0.1, -0.05) is 24.3 Å². The Bertz CT molecular complexity index is 650. The van der Waals surface area contributed by atoms with Gasteiger partial charge in [0.2, 0.25) is 5.91 Å². The third-order valence-corrected chi connectivity index (χ3v) is 3.67. The normalized spacial score (nSPS) is 13.1. The lowest BCUT2D eigenvalue weighted by Crippen LogP contribution is -2.13. The van der Waals surface area contributed by atoms with Crippen molar-refractivity contribution in [3.8, 4) is 5.75 Å². The second kappa shape index (κ2) is 5.87. The maximum absolute atomic E-state index is 11.0. The molecule has 0 unspecified atom stereocenters. The van der Waals surface area contributed by atoms with Gasteiger partial charge >= 0.3 is 0 Å². The Morgan fingerprint density at radius 3 is 2.76 bits per heavy atom. The molecule has 21 heavy (non-hydrogen) atoms. The number of carbonyl (C=O) groups is 1. The Kier molecular flexibility index (Phi) is 3.77. The van der Waals surface area contributed by atoms with E-state index in [0.717, 1.165) is 36.4 Å². The molecule has 0 saturated carbocycles. The number of nitrogens with two attached hydrogens (primary N) is 1. The number of anilines is 1. The lowest BCUT2D eigenvalue weighted by atomic mass is 10.0. The van der Waals surface area contributed by atoms with Crippen molar-refractivity contribution in [2.24, 2.45) is 5.73 Å². The number of aryl methyl sites for hydroxylation is 1. The zero-order valence-electron chi connectivity index (χ0n) is 11.8. The van der Waals surface area contributed by atoms with Crippen LogP contribution in [-0.4, -0.2) is 12.5 Å². The topological polar surface area (TPSA) is 64.4 Å². The van der Waals surface area contributed by atoms with E-state index >= 15 is 0 Å². The molecule has 1 aliphatic rings. The van der Waals surface area contributed by atoms with Gasteiger partial charge in [0.15, 0.2) is 0 Å². The summed E-state index contributed by atoms with van der Waals surface area (Å²) in [6.07, 6.45) is 2.25. The number of carbonyl (C=O) groups excluding carboxylic acids is 1. The standard InChI is InChI=1S/C17H18N2O2/c18-17(20)14-8-6-12(7-9-14)11-21-15-5-1-3-13-4-2-10-19-16(13)15/h1,3,5-9,19H,2,4,10-11H2,(H2,18,20). The van der Waals surface area contributed by atoms with Crippen LogP contribution in [0.1, 0.15) is 27.9 Å². The molecule has 2 aromatic carbocycles. The van der Waals surface area contributed by atoms with E-state index in [-0.39, 0.29) is 0 Å². The molecule has 0 radical (unpaired) electrons. The number of ether oxygens (including phenoxy) is 1. The fourth-order valence-electron chi connectivity index (χ4n) is 2.52. The van der Waals surface area contributed by atoms with Crippen molar-refractivity contribution in [1.82, 2.24) is 0 Å². The smallest absolute Gasteiger partial charge is 0.248 e. The Labute approximate surface area is 123 Å². The molecule has 4 nitrogen and oxygen atoms in total. The minimum absolute atomic E-state index is 0.413. The van der Waals surface area contributed by atoms with Gasteiger partial charge in [-0.05, 0) is 42.2 Å². The number of hydrogen-bond donors (Lipinski definition) is 2. The second-order valence-corrected chi connectivity index (χ2v) is 5.17. The highest BCUT2D eigenvalue weighted by Crippen LogP contribution is 2.32. The lowest BCUT2D eigenvalue weighted by molar-refractivity contribution is 0.1000. The van der Waals surface area contributed by atoms with Gasteiger partial charge in [-0.2, -0.15) is 0 Å². The summed E-state index contributed by atoms with van der Waals surface area (Å²) in [5.74, 6) is 0.468. The monoisotopic (exact) mass is 282 g/mol. The Morgan fingerprint density at radius 2 is 2.00 bits per heavy atom. The van der Waals surface area contributed by atoms with Gasteiger partial charge in [-0.25, -0.2) is 0 Å². The van der Waals surface area contributed by atoms with Crippen LogP contribution < -0.4 is 15.8 Å². The summed E-state index contributed by atoms with van der Waals surface area (Å²) in [5.41, 5.74) is 9.16. The molecule has 1 heterocycles. The fourth-order valence-corrected chi connectivity index (χ4v) is 2.52. The predicted octanol–water partition coefficient (Wildman–Crippen LogP) is 2.72. The van der Waals surface area contributed by atoms with Crippen LogP contribution in [0.4, 0.5) is 5.69 Å². The summed E-state index contributed by atoms with van der Waals surface area (Å²) in [7, 11) is 0. The molecule has 1 aliphatic heterocycles. The van der Waals surface area contributed by atoms with Crippen LogP contribution in [0.2, 0.25) is 0 Å². The number of hydrogen-bond acceptors (Lipinski definition) is 3. The summed E-state index contributed by atoms with van der Waals surface area (Å²) < 4.78 is 5.91. The van der Waals surface area contributed by atoms with Crippen LogP contribution in [0.15, 0.2) is 42.5 Å². The van der Waals surface area contributed by atoms with E-state index < -0.39 is 5.91 Å². The number of rotatable bonds is 4. The average Bonchev–Trinajstić information content (AvgIpc) is 2.53. The Morgan fingerprint density at radius 1 is 1.19 bits per heavy atom. The van der Waals surface area contributed by atoms with Crippen molar-refractivity contribution in [1.29, 1.82) is 0 Å². The first-order valence-corrected chi connectivity index (χ1v) is 7.11. The van der Waals surface area contributed by atoms with Crippen LogP contribution in [0, 0.1) is 0 Å². The maximum Gasteiger partial charge on any atom is 0.248 e. The van der Waals surface area contributed by atoms with E-state index in [4.69, 9.17) is 10.5 Å². The second-order valence-electron chi connectivity index (χ2n) is 5.17. The van der Waals surface area contributed by atoms with E-state index in [1.54, 1.807) is 12.1 Å². The summed E-state index contributed by atoms with van der Waals surface area (Å²) in [4.78, 5) is 11.0. The fraction of sp³-hybridized carbons (Fsp3) is 0.235. The van der Waals surface area contributed by atoms with Crippen molar-refractivity contribution in [2.45, 2.75) is 19.4 Å². The van der Waals surface area contributed by atoms with Gasteiger partial charge < -0.3 is 15.8 Å². The van der Waals surface area contributed by atoms with Crippen molar-refractivity contribution in [3.63, 3.8) is 0 Å². The van der Waals surface area contributed by atoms with Gasteiger partial charge in [0.25, 0.3) is 0 Å². The lowest BCUT2D eigenvalue weighted by Gasteiger charge is -2.21. The van der Waals surface area contributed by atoms with Gasteiger partial charge in [0.05, 0.1) is 5.69 Å². The van der Waals surface area contributed by atoms with E-state index in [9.17, 15) is 4.79 Å². The van der Waals surface area contributed by atoms with E-state index in [2.05, 4.69) is 11.4 Å².